The lowest BCUT2D eigenvalue weighted by Gasteiger charge is -2.23. The van der Waals surface area contributed by atoms with Gasteiger partial charge in [-0.3, -0.25) is 4.79 Å². The minimum atomic E-state index is -0.825. The third-order valence-electron chi connectivity index (χ3n) is 3.07. The summed E-state index contributed by atoms with van der Waals surface area (Å²) in [5.74, 6) is -0.394. The zero-order valence-electron chi connectivity index (χ0n) is 14.4. The predicted molar refractivity (Wildman–Crippen MR) is 84.5 cm³/mol. The van der Waals surface area contributed by atoms with E-state index in [2.05, 4.69) is 10.6 Å². The lowest BCUT2D eigenvalue weighted by atomic mass is 10.2. The van der Waals surface area contributed by atoms with Crippen molar-refractivity contribution in [2.75, 3.05) is 0 Å². The maximum atomic E-state index is 12.0. The van der Waals surface area contributed by atoms with Gasteiger partial charge < -0.3 is 20.1 Å². The fourth-order valence-electron chi connectivity index (χ4n) is 1.91. The van der Waals surface area contributed by atoms with Crippen molar-refractivity contribution >= 4 is 18.0 Å². The first kappa shape index (κ1) is 19.0. The van der Waals surface area contributed by atoms with Gasteiger partial charge in [-0.2, -0.15) is 0 Å². The molecule has 0 spiro atoms. The average molecular weight is 326 g/mol. The lowest BCUT2D eigenvalue weighted by Crippen LogP contribution is -2.50. The third-order valence-corrected chi connectivity index (χ3v) is 3.07. The maximum Gasteiger partial charge on any atom is 0.412 e. The van der Waals surface area contributed by atoms with Crippen LogP contribution in [0.15, 0.2) is 11.8 Å². The Balaban J connectivity index is 2.40. The number of ether oxygens (including phenoxy) is 2. The van der Waals surface area contributed by atoms with E-state index >= 15 is 0 Å². The van der Waals surface area contributed by atoms with E-state index in [9.17, 15) is 14.4 Å². The van der Waals surface area contributed by atoms with Crippen LogP contribution < -0.4 is 10.6 Å². The van der Waals surface area contributed by atoms with Gasteiger partial charge in [-0.1, -0.05) is 0 Å². The molecule has 0 saturated heterocycles. The van der Waals surface area contributed by atoms with Gasteiger partial charge in [0.25, 0.3) is 0 Å². The van der Waals surface area contributed by atoms with Crippen molar-refractivity contribution in [2.45, 2.75) is 71.6 Å². The minimum Gasteiger partial charge on any atom is -0.458 e. The summed E-state index contributed by atoms with van der Waals surface area (Å²) >= 11 is 0. The van der Waals surface area contributed by atoms with Crippen LogP contribution in [0.4, 0.5) is 4.79 Å². The van der Waals surface area contributed by atoms with Crippen LogP contribution in [0.5, 0.6) is 0 Å². The van der Waals surface area contributed by atoms with Crippen molar-refractivity contribution in [1.82, 2.24) is 10.6 Å². The highest BCUT2D eigenvalue weighted by molar-refractivity contribution is 5.89. The predicted octanol–water partition coefficient (Wildman–Crippen LogP) is 2.02. The number of carbonyl (C=O) groups is 3. The Bertz CT molecular complexity index is 493. The summed E-state index contributed by atoms with van der Waals surface area (Å²) in [6.45, 7) is 8.29. The molecular weight excluding hydrogens is 300 g/mol. The number of hydrogen-bond acceptors (Lipinski definition) is 5. The van der Waals surface area contributed by atoms with E-state index < -0.39 is 35.7 Å². The van der Waals surface area contributed by atoms with Crippen molar-refractivity contribution in [2.24, 2.45) is 0 Å². The van der Waals surface area contributed by atoms with Gasteiger partial charge in [0.05, 0.1) is 0 Å². The van der Waals surface area contributed by atoms with Gasteiger partial charge in [0.2, 0.25) is 5.91 Å². The van der Waals surface area contributed by atoms with Crippen molar-refractivity contribution in [3.63, 3.8) is 0 Å². The Labute approximate surface area is 136 Å². The SMILES string of the molecule is C[C@H](NC(=O)OC1=CCCC1)C(=O)N[C@@H](C)C(=O)OC(C)(C)C. The van der Waals surface area contributed by atoms with Gasteiger partial charge in [0.15, 0.2) is 0 Å². The molecule has 7 heteroatoms. The molecule has 0 unspecified atom stereocenters. The second-order valence-electron chi connectivity index (χ2n) is 6.58. The van der Waals surface area contributed by atoms with E-state index in [0.29, 0.717) is 5.76 Å². The standard InChI is InChI=1S/C16H26N2O5/c1-10(18-15(21)22-12-8-6-7-9-12)13(19)17-11(2)14(20)23-16(3,4)5/h8,10-11H,6-7,9H2,1-5H3,(H,17,19)(H,18,21)/t10-,11-/m0/s1. The molecule has 1 rings (SSSR count). The number of esters is 1. The summed E-state index contributed by atoms with van der Waals surface area (Å²) < 4.78 is 10.3. The van der Waals surface area contributed by atoms with E-state index in [1.54, 1.807) is 20.8 Å². The molecule has 7 nitrogen and oxygen atoms in total. The second kappa shape index (κ2) is 7.99. The van der Waals surface area contributed by atoms with Crippen LogP contribution in [0.2, 0.25) is 0 Å². The summed E-state index contributed by atoms with van der Waals surface area (Å²) in [4.78, 5) is 35.5. The monoisotopic (exact) mass is 326 g/mol. The van der Waals surface area contributed by atoms with Crippen LogP contribution in [0, 0.1) is 0 Å². The van der Waals surface area contributed by atoms with Gasteiger partial charge in [-0.05, 0) is 53.5 Å². The molecule has 0 radical (unpaired) electrons. The second-order valence-corrected chi connectivity index (χ2v) is 6.58. The molecule has 0 aliphatic heterocycles. The maximum absolute atomic E-state index is 12.0. The normalized spacial score (nSPS) is 16.8. The van der Waals surface area contributed by atoms with Crippen LogP contribution >= 0.6 is 0 Å². The van der Waals surface area contributed by atoms with E-state index in [4.69, 9.17) is 9.47 Å². The molecule has 0 aromatic rings. The van der Waals surface area contributed by atoms with Crippen LogP contribution in [-0.4, -0.2) is 35.7 Å². The molecule has 0 heterocycles. The van der Waals surface area contributed by atoms with Gasteiger partial charge in [0.1, 0.15) is 23.4 Å². The molecule has 0 fully saturated rings. The molecule has 0 aromatic carbocycles. The van der Waals surface area contributed by atoms with E-state index in [1.807, 2.05) is 6.08 Å². The molecule has 2 amide bonds. The van der Waals surface area contributed by atoms with Crippen molar-refractivity contribution < 1.29 is 23.9 Å². The van der Waals surface area contributed by atoms with Gasteiger partial charge in [0, 0.05) is 6.42 Å². The summed E-state index contributed by atoms with van der Waals surface area (Å²) in [6.07, 6.45) is 3.77. The van der Waals surface area contributed by atoms with E-state index in [-0.39, 0.29) is 0 Å². The van der Waals surface area contributed by atoms with Crippen molar-refractivity contribution in [1.29, 1.82) is 0 Å². The van der Waals surface area contributed by atoms with Crippen LogP contribution in [0.25, 0.3) is 0 Å². The summed E-state index contributed by atoms with van der Waals surface area (Å²) in [5.41, 5.74) is -0.626. The highest BCUT2D eigenvalue weighted by Crippen LogP contribution is 2.18. The zero-order valence-corrected chi connectivity index (χ0v) is 14.4. The Hall–Kier alpha value is -2.05. The third kappa shape index (κ3) is 7.17. The molecule has 2 atom stereocenters. The number of rotatable bonds is 5. The largest absolute Gasteiger partial charge is 0.458 e. The minimum absolute atomic E-state index is 0.485. The Morgan fingerprint density at radius 3 is 2.30 bits per heavy atom. The van der Waals surface area contributed by atoms with Crippen molar-refractivity contribution in [3.05, 3.63) is 11.8 Å². The molecular formula is C16H26N2O5. The molecule has 130 valence electrons. The van der Waals surface area contributed by atoms with Gasteiger partial charge in [-0.15, -0.1) is 0 Å². The molecule has 2 N–H and O–H groups in total. The van der Waals surface area contributed by atoms with Crippen LogP contribution in [0.3, 0.4) is 0 Å². The Kier molecular flexibility index (Phi) is 6.60. The number of carbonyl (C=O) groups excluding carboxylic acids is 3. The number of alkyl carbamates (subject to hydrolysis) is 1. The summed E-state index contributed by atoms with van der Waals surface area (Å²) in [5, 5.41) is 4.94. The first-order chi connectivity index (χ1) is 10.6. The molecule has 0 aromatic heterocycles. The highest BCUT2D eigenvalue weighted by atomic mass is 16.6. The number of hydrogen-bond donors (Lipinski definition) is 2. The smallest absolute Gasteiger partial charge is 0.412 e. The van der Waals surface area contributed by atoms with Gasteiger partial charge >= 0.3 is 12.1 Å². The van der Waals surface area contributed by atoms with Crippen LogP contribution in [0.1, 0.15) is 53.9 Å². The zero-order chi connectivity index (χ0) is 17.6. The molecule has 23 heavy (non-hydrogen) atoms. The van der Waals surface area contributed by atoms with Crippen LogP contribution in [-0.2, 0) is 19.1 Å². The fraction of sp³-hybridized carbons (Fsp3) is 0.688. The molecule has 0 bridgehead atoms. The number of nitrogens with one attached hydrogen (secondary N) is 2. The van der Waals surface area contributed by atoms with E-state index in [0.717, 1.165) is 19.3 Å². The number of allylic oxidation sites excluding steroid dienone is 2. The Morgan fingerprint density at radius 2 is 1.78 bits per heavy atom. The van der Waals surface area contributed by atoms with E-state index in [1.165, 1.54) is 13.8 Å². The molecule has 1 aliphatic rings. The number of amides is 2. The molecule has 1 aliphatic carbocycles. The first-order valence-corrected chi connectivity index (χ1v) is 7.79. The van der Waals surface area contributed by atoms with Crippen molar-refractivity contribution in [3.8, 4) is 0 Å². The summed E-state index contributed by atoms with van der Waals surface area (Å²) in [7, 11) is 0. The average Bonchev–Trinajstić information content (AvgIpc) is 2.88. The quantitative estimate of drug-likeness (QED) is 0.754. The topological polar surface area (TPSA) is 93.7 Å². The van der Waals surface area contributed by atoms with Gasteiger partial charge in [-0.25, -0.2) is 9.59 Å². The summed E-state index contributed by atoms with van der Waals surface area (Å²) in [6, 6.07) is -1.63. The lowest BCUT2D eigenvalue weighted by molar-refractivity contribution is -0.158. The Morgan fingerprint density at radius 1 is 1.13 bits per heavy atom. The first-order valence-electron chi connectivity index (χ1n) is 7.79. The fourth-order valence-corrected chi connectivity index (χ4v) is 1.91. The molecule has 0 saturated carbocycles. The highest BCUT2D eigenvalue weighted by Gasteiger charge is 2.25.